The highest BCUT2D eigenvalue weighted by Gasteiger charge is 2.11. The number of aldehydes is 1. The Morgan fingerprint density at radius 2 is 2.00 bits per heavy atom. The first-order valence-corrected chi connectivity index (χ1v) is 5.22. The monoisotopic (exact) mass is 220 g/mol. The summed E-state index contributed by atoms with van der Waals surface area (Å²) in [5, 5.41) is 0. The molecule has 0 unspecified atom stereocenters. The third kappa shape index (κ3) is 2.69. The molecule has 0 amide bonds. The number of esters is 1. The summed E-state index contributed by atoms with van der Waals surface area (Å²) in [6, 6.07) is 3.77. The topological polar surface area (TPSA) is 43.4 Å². The van der Waals surface area contributed by atoms with Crippen LogP contribution in [-0.4, -0.2) is 19.4 Å². The summed E-state index contributed by atoms with van der Waals surface area (Å²) < 4.78 is 4.71. The Balaban J connectivity index is 3.10. The molecule has 0 aliphatic carbocycles. The van der Waals surface area contributed by atoms with Crippen LogP contribution in [0.25, 0.3) is 0 Å². The normalized spacial score (nSPS) is 9.94. The van der Waals surface area contributed by atoms with Gasteiger partial charge in [-0.15, -0.1) is 0 Å². The van der Waals surface area contributed by atoms with Gasteiger partial charge in [-0.1, -0.05) is 6.07 Å². The largest absolute Gasteiger partial charge is 0.465 e. The molecule has 0 aliphatic rings. The second-order valence-corrected chi connectivity index (χ2v) is 3.79. The maximum Gasteiger partial charge on any atom is 0.338 e. The standard InChI is InChI=1S/C13H16O3/c1-9-7-10(2)12(13(15)16-3)8-11(9)5-4-6-14/h6-8H,4-5H2,1-3H3. The zero-order valence-electron chi connectivity index (χ0n) is 9.87. The van der Waals surface area contributed by atoms with Crippen molar-refractivity contribution in [1.82, 2.24) is 0 Å². The molecule has 86 valence electrons. The number of methoxy groups -OCH3 is 1. The highest BCUT2D eigenvalue weighted by molar-refractivity contribution is 5.91. The molecule has 16 heavy (non-hydrogen) atoms. The number of rotatable bonds is 4. The van der Waals surface area contributed by atoms with E-state index in [4.69, 9.17) is 4.74 Å². The maximum atomic E-state index is 11.5. The van der Waals surface area contributed by atoms with Crippen LogP contribution in [0, 0.1) is 13.8 Å². The predicted octanol–water partition coefficient (Wildman–Crippen LogP) is 2.22. The fourth-order valence-corrected chi connectivity index (χ4v) is 1.71. The summed E-state index contributed by atoms with van der Waals surface area (Å²) in [4.78, 5) is 21.8. The fraction of sp³-hybridized carbons (Fsp3) is 0.385. The zero-order valence-corrected chi connectivity index (χ0v) is 9.87. The first-order valence-electron chi connectivity index (χ1n) is 5.22. The third-order valence-corrected chi connectivity index (χ3v) is 2.62. The maximum absolute atomic E-state index is 11.5. The Morgan fingerprint density at radius 3 is 2.56 bits per heavy atom. The van der Waals surface area contributed by atoms with Crippen molar-refractivity contribution in [3.8, 4) is 0 Å². The third-order valence-electron chi connectivity index (χ3n) is 2.62. The minimum absolute atomic E-state index is 0.329. The molecule has 1 aromatic rings. The summed E-state index contributed by atoms with van der Waals surface area (Å²) in [5.41, 5.74) is 3.61. The van der Waals surface area contributed by atoms with Crippen LogP contribution in [0.3, 0.4) is 0 Å². The van der Waals surface area contributed by atoms with Crippen molar-refractivity contribution >= 4 is 12.3 Å². The summed E-state index contributed by atoms with van der Waals surface area (Å²) in [6.07, 6.45) is 2.03. The molecule has 3 heteroatoms. The quantitative estimate of drug-likeness (QED) is 0.577. The van der Waals surface area contributed by atoms with E-state index in [1.54, 1.807) is 0 Å². The molecule has 0 aromatic heterocycles. The van der Waals surface area contributed by atoms with Crippen molar-refractivity contribution < 1.29 is 14.3 Å². The Bertz CT molecular complexity index is 408. The average molecular weight is 220 g/mol. The van der Waals surface area contributed by atoms with Gasteiger partial charge in [0.2, 0.25) is 0 Å². The number of aryl methyl sites for hydroxylation is 3. The van der Waals surface area contributed by atoms with Crippen LogP contribution in [0.15, 0.2) is 12.1 Å². The molecule has 0 bridgehead atoms. The van der Waals surface area contributed by atoms with E-state index in [0.717, 1.165) is 23.0 Å². The summed E-state index contributed by atoms with van der Waals surface area (Å²) >= 11 is 0. The summed E-state index contributed by atoms with van der Waals surface area (Å²) in [5.74, 6) is -0.329. The average Bonchev–Trinajstić information content (AvgIpc) is 2.27. The van der Waals surface area contributed by atoms with Gasteiger partial charge >= 0.3 is 5.97 Å². The van der Waals surface area contributed by atoms with Gasteiger partial charge in [-0.05, 0) is 43.0 Å². The first kappa shape index (κ1) is 12.4. The van der Waals surface area contributed by atoms with E-state index in [-0.39, 0.29) is 5.97 Å². The summed E-state index contributed by atoms with van der Waals surface area (Å²) in [7, 11) is 1.37. The fourth-order valence-electron chi connectivity index (χ4n) is 1.71. The van der Waals surface area contributed by atoms with E-state index < -0.39 is 0 Å². The molecule has 0 heterocycles. The summed E-state index contributed by atoms with van der Waals surface area (Å²) in [6.45, 7) is 3.86. The van der Waals surface area contributed by atoms with E-state index in [1.807, 2.05) is 26.0 Å². The van der Waals surface area contributed by atoms with Gasteiger partial charge in [0.1, 0.15) is 6.29 Å². The minimum Gasteiger partial charge on any atom is -0.465 e. The molecule has 0 spiro atoms. The van der Waals surface area contributed by atoms with Crippen LogP contribution in [0.4, 0.5) is 0 Å². The van der Waals surface area contributed by atoms with Crippen LogP contribution >= 0.6 is 0 Å². The van der Waals surface area contributed by atoms with Gasteiger partial charge in [0.25, 0.3) is 0 Å². The number of carbonyl (C=O) groups excluding carboxylic acids is 2. The molecule has 0 aliphatic heterocycles. The lowest BCUT2D eigenvalue weighted by Crippen LogP contribution is -2.06. The van der Waals surface area contributed by atoms with Crippen molar-refractivity contribution in [3.05, 3.63) is 34.4 Å². The van der Waals surface area contributed by atoms with Crippen molar-refractivity contribution in [2.75, 3.05) is 7.11 Å². The van der Waals surface area contributed by atoms with E-state index in [2.05, 4.69) is 0 Å². The van der Waals surface area contributed by atoms with Crippen molar-refractivity contribution in [1.29, 1.82) is 0 Å². The Kier molecular flexibility index (Phi) is 4.23. The van der Waals surface area contributed by atoms with Crippen molar-refractivity contribution in [3.63, 3.8) is 0 Å². The van der Waals surface area contributed by atoms with Gasteiger partial charge in [0.15, 0.2) is 0 Å². The van der Waals surface area contributed by atoms with Crippen LogP contribution in [0.5, 0.6) is 0 Å². The van der Waals surface area contributed by atoms with Crippen LogP contribution in [0.2, 0.25) is 0 Å². The van der Waals surface area contributed by atoms with Gasteiger partial charge in [-0.3, -0.25) is 0 Å². The molecular formula is C13H16O3. The molecule has 0 radical (unpaired) electrons. The molecule has 3 nitrogen and oxygen atoms in total. The highest BCUT2D eigenvalue weighted by atomic mass is 16.5. The smallest absolute Gasteiger partial charge is 0.338 e. The minimum atomic E-state index is -0.329. The van der Waals surface area contributed by atoms with Gasteiger partial charge in [-0.25, -0.2) is 4.79 Å². The number of ether oxygens (including phenoxy) is 1. The number of hydrogen-bond acceptors (Lipinski definition) is 3. The highest BCUT2D eigenvalue weighted by Crippen LogP contribution is 2.18. The molecule has 0 saturated carbocycles. The predicted molar refractivity (Wildman–Crippen MR) is 61.6 cm³/mol. The van der Waals surface area contributed by atoms with Crippen molar-refractivity contribution in [2.45, 2.75) is 26.7 Å². The van der Waals surface area contributed by atoms with Gasteiger partial charge in [0, 0.05) is 6.42 Å². The molecule has 0 fully saturated rings. The lowest BCUT2D eigenvalue weighted by Gasteiger charge is -2.10. The van der Waals surface area contributed by atoms with Crippen molar-refractivity contribution in [2.24, 2.45) is 0 Å². The van der Waals surface area contributed by atoms with Gasteiger partial charge in [0.05, 0.1) is 12.7 Å². The lowest BCUT2D eigenvalue weighted by molar-refractivity contribution is -0.107. The van der Waals surface area contributed by atoms with E-state index in [9.17, 15) is 9.59 Å². The van der Waals surface area contributed by atoms with E-state index in [1.165, 1.54) is 7.11 Å². The molecular weight excluding hydrogens is 204 g/mol. The van der Waals surface area contributed by atoms with Gasteiger partial charge < -0.3 is 9.53 Å². The molecule has 0 atom stereocenters. The Hall–Kier alpha value is -1.64. The molecule has 0 saturated heterocycles. The number of benzene rings is 1. The lowest BCUT2D eigenvalue weighted by atomic mass is 9.97. The van der Waals surface area contributed by atoms with E-state index in [0.29, 0.717) is 18.4 Å². The van der Waals surface area contributed by atoms with Crippen LogP contribution in [0.1, 0.15) is 33.5 Å². The molecule has 1 aromatic carbocycles. The first-order chi connectivity index (χ1) is 7.60. The Morgan fingerprint density at radius 1 is 1.31 bits per heavy atom. The zero-order chi connectivity index (χ0) is 12.1. The number of hydrogen-bond donors (Lipinski definition) is 0. The van der Waals surface area contributed by atoms with Crippen LogP contribution < -0.4 is 0 Å². The SMILES string of the molecule is COC(=O)c1cc(CCC=O)c(C)cc1C. The van der Waals surface area contributed by atoms with E-state index >= 15 is 0 Å². The molecule has 1 rings (SSSR count). The number of carbonyl (C=O) groups is 2. The van der Waals surface area contributed by atoms with Crippen LogP contribution in [-0.2, 0) is 16.0 Å². The molecule has 0 N–H and O–H groups in total. The second-order valence-electron chi connectivity index (χ2n) is 3.79. The Labute approximate surface area is 95.4 Å². The van der Waals surface area contributed by atoms with Gasteiger partial charge in [-0.2, -0.15) is 0 Å². The second kappa shape index (κ2) is 5.45.